The molecule has 0 unspecified atom stereocenters. The van der Waals surface area contributed by atoms with E-state index >= 15 is 0 Å². The Kier molecular flexibility index (Phi) is 3.95. The van der Waals surface area contributed by atoms with Gasteiger partial charge in [0.2, 0.25) is 0 Å². The monoisotopic (exact) mass is 341 g/mol. The highest BCUT2D eigenvalue weighted by atomic mass is 19.1. The highest BCUT2D eigenvalue weighted by Crippen LogP contribution is 2.29. The van der Waals surface area contributed by atoms with Gasteiger partial charge in [0.05, 0.1) is 29.9 Å². The Morgan fingerprint density at radius 1 is 1.24 bits per heavy atom. The predicted octanol–water partition coefficient (Wildman–Crippen LogP) is 2.90. The van der Waals surface area contributed by atoms with Gasteiger partial charge in [-0.3, -0.25) is 4.79 Å². The highest BCUT2D eigenvalue weighted by Gasteiger charge is 2.20. The molecule has 1 aromatic heterocycles. The van der Waals surface area contributed by atoms with Crippen molar-refractivity contribution >= 4 is 16.9 Å². The maximum absolute atomic E-state index is 14.6. The number of H-pyrrole nitrogens is 1. The minimum atomic E-state index is -0.578. The molecule has 1 fully saturated rings. The molecule has 0 atom stereocenters. The summed E-state index contributed by atoms with van der Waals surface area (Å²) in [6.45, 7) is 1.18. The second-order valence-electron chi connectivity index (χ2n) is 5.82. The molecule has 2 aromatic carbocycles. The number of imidazole rings is 1. The van der Waals surface area contributed by atoms with Crippen molar-refractivity contribution in [2.45, 2.75) is 12.7 Å². The van der Waals surface area contributed by atoms with Gasteiger partial charge in [-0.05, 0) is 30.7 Å². The number of rotatable bonds is 3. The molecule has 1 aliphatic rings. The number of hydrogen-bond donors (Lipinski definition) is 2. The smallest absolute Gasteiger partial charge is 0.250 e. The summed E-state index contributed by atoms with van der Waals surface area (Å²) in [6, 6.07) is 9.79. The fourth-order valence-corrected chi connectivity index (χ4v) is 2.91. The molecule has 3 N–H and O–H groups in total. The molecule has 2 heterocycles. The number of nitrogens with one attached hydrogen (secondary N) is 1. The summed E-state index contributed by atoms with van der Waals surface area (Å²) in [5.41, 5.74) is 7.62. The van der Waals surface area contributed by atoms with E-state index in [9.17, 15) is 9.18 Å². The first kappa shape index (κ1) is 15.7. The van der Waals surface area contributed by atoms with E-state index in [-0.39, 0.29) is 0 Å². The van der Waals surface area contributed by atoms with E-state index in [2.05, 4.69) is 9.97 Å². The van der Waals surface area contributed by atoms with Crippen molar-refractivity contribution in [3.63, 3.8) is 0 Å². The number of para-hydroxylation sites is 1. The number of fused-ring (bicyclic) bond motifs is 1. The van der Waals surface area contributed by atoms with Crippen molar-refractivity contribution in [2.24, 2.45) is 5.73 Å². The number of ether oxygens (including phenoxy) is 2. The molecule has 1 amide bonds. The average molecular weight is 341 g/mol. The Morgan fingerprint density at radius 2 is 2.04 bits per heavy atom. The number of carbonyl (C=O) groups excluding carboxylic acids is 1. The molecule has 6 nitrogen and oxygen atoms in total. The molecule has 25 heavy (non-hydrogen) atoms. The highest BCUT2D eigenvalue weighted by molar-refractivity contribution is 6.04. The molecular formula is C18H16FN3O3. The van der Waals surface area contributed by atoms with Crippen LogP contribution < -0.4 is 5.73 Å². The van der Waals surface area contributed by atoms with Gasteiger partial charge in [0.25, 0.3) is 5.91 Å². The molecule has 128 valence electrons. The van der Waals surface area contributed by atoms with Crippen molar-refractivity contribution in [1.29, 1.82) is 0 Å². The first-order chi connectivity index (χ1) is 12.1. The first-order valence-corrected chi connectivity index (χ1v) is 7.95. The number of benzene rings is 2. The number of aromatic nitrogens is 2. The Bertz CT molecular complexity index is 948. The van der Waals surface area contributed by atoms with Crippen molar-refractivity contribution in [1.82, 2.24) is 9.97 Å². The van der Waals surface area contributed by atoms with Crippen LogP contribution in [0.25, 0.3) is 22.4 Å². The lowest BCUT2D eigenvalue weighted by Gasteiger charge is -2.23. The Morgan fingerprint density at radius 3 is 2.76 bits per heavy atom. The number of nitrogens with two attached hydrogens (primary N) is 1. The van der Waals surface area contributed by atoms with Crippen LogP contribution in [-0.2, 0) is 9.47 Å². The molecule has 0 aliphatic carbocycles. The van der Waals surface area contributed by atoms with E-state index in [0.29, 0.717) is 46.8 Å². The topological polar surface area (TPSA) is 90.2 Å². The second kappa shape index (κ2) is 6.27. The summed E-state index contributed by atoms with van der Waals surface area (Å²) in [5, 5.41) is 0. The van der Waals surface area contributed by atoms with E-state index in [0.717, 1.165) is 6.42 Å². The van der Waals surface area contributed by atoms with E-state index < -0.39 is 18.0 Å². The largest absolute Gasteiger partial charge is 0.366 e. The molecule has 4 rings (SSSR count). The number of primary amides is 1. The maximum atomic E-state index is 14.6. The molecule has 0 bridgehead atoms. The summed E-state index contributed by atoms with van der Waals surface area (Å²) in [5.74, 6) is -0.695. The van der Waals surface area contributed by atoms with Crippen LogP contribution in [0.2, 0.25) is 0 Å². The molecule has 0 spiro atoms. The number of hydrogen-bond acceptors (Lipinski definition) is 4. The van der Waals surface area contributed by atoms with Gasteiger partial charge in [0.1, 0.15) is 17.2 Å². The molecule has 1 aliphatic heterocycles. The maximum Gasteiger partial charge on any atom is 0.250 e. The summed E-state index contributed by atoms with van der Waals surface area (Å²) in [4.78, 5) is 18.9. The molecule has 7 heteroatoms. The SMILES string of the molecule is NC(=O)c1cccc2[nH]c(-c3ccc(C4OCCCO4)cc3F)nc12. The fourth-order valence-electron chi connectivity index (χ4n) is 2.91. The summed E-state index contributed by atoms with van der Waals surface area (Å²) in [6.07, 6.45) is 0.285. The zero-order valence-electron chi connectivity index (χ0n) is 13.3. The second-order valence-corrected chi connectivity index (χ2v) is 5.82. The van der Waals surface area contributed by atoms with Crippen LogP contribution in [0.4, 0.5) is 4.39 Å². The Labute approximate surface area is 142 Å². The Balaban J connectivity index is 1.73. The van der Waals surface area contributed by atoms with Gasteiger partial charge in [0.15, 0.2) is 6.29 Å². The summed E-state index contributed by atoms with van der Waals surface area (Å²) in [7, 11) is 0. The first-order valence-electron chi connectivity index (χ1n) is 7.95. The van der Waals surface area contributed by atoms with Crippen LogP contribution >= 0.6 is 0 Å². The lowest BCUT2D eigenvalue weighted by atomic mass is 10.1. The summed E-state index contributed by atoms with van der Waals surface area (Å²) < 4.78 is 25.6. The van der Waals surface area contributed by atoms with Gasteiger partial charge >= 0.3 is 0 Å². The van der Waals surface area contributed by atoms with Gasteiger partial charge in [-0.25, -0.2) is 9.37 Å². The standard InChI is InChI=1S/C18H16FN3O3/c19-13-9-10(18-24-7-2-8-25-18)5-6-11(13)17-21-14-4-1-3-12(16(20)23)15(14)22-17/h1,3-6,9,18H,2,7-8H2,(H2,20,23)(H,21,22). The van der Waals surface area contributed by atoms with Gasteiger partial charge in [-0.2, -0.15) is 0 Å². The average Bonchev–Trinajstić information content (AvgIpc) is 3.06. The van der Waals surface area contributed by atoms with Crippen molar-refractivity contribution in [2.75, 3.05) is 13.2 Å². The number of amides is 1. The third-order valence-corrected chi connectivity index (χ3v) is 4.13. The third-order valence-electron chi connectivity index (χ3n) is 4.13. The molecule has 0 radical (unpaired) electrons. The van der Waals surface area contributed by atoms with E-state index in [1.54, 1.807) is 30.3 Å². The van der Waals surface area contributed by atoms with Crippen LogP contribution in [0.15, 0.2) is 36.4 Å². The molecule has 0 saturated carbocycles. The third kappa shape index (κ3) is 2.88. The minimum absolute atomic E-state index is 0.293. The molecule has 1 saturated heterocycles. The number of nitrogens with zero attached hydrogens (tertiary/aromatic N) is 1. The van der Waals surface area contributed by atoms with Gasteiger partial charge in [-0.1, -0.05) is 12.1 Å². The minimum Gasteiger partial charge on any atom is -0.366 e. The van der Waals surface area contributed by atoms with E-state index in [1.807, 2.05) is 0 Å². The lowest BCUT2D eigenvalue weighted by molar-refractivity contribution is -0.183. The normalized spacial score (nSPS) is 15.6. The van der Waals surface area contributed by atoms with Crippen LogP contribution in [0, 0.1) is 5.82 Å². The zero-order valence-corrected chi connectivity index (χ0v) is 13.3. The van der Waals surface area contributed by atoms with Crippen molar-refractivity contribution in [3.8, 4) is 11.4 Å². The quantitative estimate of drug-likeness (QED) is 0.766. The van der Waals surface area contributed by atoms with Crippen molar-refractivity contribution in [3.05, 3.63) is 53.3 Å². The number of carbonyl (C=O) groups is 1. The Hall–Kier alpha value is -2.77. The van der Waals surface area contributed by atoms with Crippen LogP contribution in [0.3, 0.4) is 0 Å². The van der Waals surface area contributed by atoms with E-state index in [4.69, 9.17) is 15.2 Å². The lowest BCUT2D eigenvalue weighted by Crippen LogP contribution is -2.17. The fraction of sp³-hybridized carbons (Fsp3) is 0.222. The molecule has 3 aromatic rings. The molecular weight excluding hydrogens is 325 g/mol. The van der Waals surface area contributed by atoms with Crippen LogP contribution in [0.1, 0.15) is 28.6 Å². The van der Waals surface area contributed by atoms with Gasteiger partial charge < -0.3 is 20.2 Å². The van der Waals surface area contributed by atoms with Crippen LogP contribution in [0.5, 0.6) is 0 Å². The van der Waals surface area contributed by atoms with Gasteiger partial charge in [-0.15, -0.1) is 0 Å². The van der Waals surface area contributed by atoms with Crippen molar-refractivity contribution < 1.29 is 18.7 Å². The predicted molar refractivity (Wildman–Crippen MR) is 89.3 cm³/mol. The van der Waals surface area contributed by atoms with E-state index in [1.165, 1.54) is 6.07 Å². The summed E-state index contributed by atoms with van der Waals surface area (Å²) >= 11 is 0. The zero-order chi connectivity index (χ0) is 17.4. The number of halogens is 1. The van der Waals surface area contributed by atoms with Crippen LogP contribution in [-0.4, -0.2) is 29.1 Å². The van der Waals surface area contributed by atoms with Gasteiger partial charge in [0, 0.05) is 5.56 Å². The number of aromatic amines is 1.